The summed E-state index contributed by atoms with van der Waals surface area (Å²) in [7, 11) is 0. The molecule has 2 aromatic carbocycles. The number of benzene rings is 2. The highest BCUT2D eigenvalue weighted by Gasteiger charge is 2.22. The number of phenolic OH excluding ortho intramolecular Hbond substituents is 1. The third-order valence-corrected chi connectivity index (χ3v) is 4.42. The molecule has 1 N–H and O–H groups in total. The lowest BCUT2D eigenvalue weighted by Gasteiger charge is -2.37. The van der Waals surface area contributed by atoms with E-state index < -0.39 is 4.92 Å². The van der Waals surface area contributed by atoms with Crippen LogP contribution in [-0.4, -0.2) is 42.0 Å². The Hall–Kier alpha value is -3.09. The average Bonchev–Trinajstić information content (AvgIpc) is 2.62. The van der Waals surface area contributed by atoms with Crippen molar-refractivity contribution in [3.63, 3.8) is 0 Å². The second-order valence-electron chi connectivity index (χ2n) is 6.01. The van der Waals surface area contributed by atoms with Crippen LogP contribution < -0.4 is 9.80 Å². The number of hydrogen-bond acceptors (Lipinski definition) is 6. The monoisotopic (exact) mass is 341 g/mol. The van der Waals surface area contributed by atoms with Crippen LogP contribution in [0.25, 0.3) is 0 Å². The Labute approximate surface area is 145 Å². The predicted octanol–water partition coefficient (Wildman–Crippen LogP) is 2.83. The van der Waals surface area contributed by atoms with Gasteiger partial charge in [0.05, 0.1) is 10.5 Å². The van der Waals surface area contributed by atoms with Crippen LogP contribution in [0, 0.1) is 10.1 Å². The fraction of sp³-hybridized carbons (Fsp3) is 0.278. The van der Waals surface area contributed by atoms with Crippen molar-refractivity contribution in [2.24, 2.45) is 0 Å². The number of aromatic hydroxyl groups is 1. The topological polar surface area (TPSA) is 86.9 Å². The van der Waals surface area contributed by atoms with Gasteiger partial charge in [0.15, 0.2) is 5.78 Å². The number of nitro groups is 1. The van der Waals surface area contributed by atoms with E-state index in [2.05, 4.69) is 9.80 Å². The quantitative estimate of drug-likeness (QED) is 0.523. The van der Waals surface area contributed by atoms with E-state index in [0.717, 1.165) is 37.6 Å². The Kier molecular flexibility index (Phi) is 4.56. The number of nitrogens with zero attached hydrogens (tertiary/aromatic N) is 3. The molecule has 0 bridgehead atoms. The zero-order valence-electron chi connectivity index (χ0n) is 13.9. The number of carbonyl (C=O) groups excluding carboxylic acids is 1. The molecule has 1 fully saturated rings. The molecule has 0 saturated carbocycles. The van der Waals surface area contributed by atoms with Crippen LogP contribution in [0.4, 0.5) is 17.1 Å². The lowest BCUT2D eigenvalue weighted by atomic mass is 10.1. The Bertz CT molecular complexity index is 796. The van der Waals surface area contributed by atoms with Crippen LogP contribution in [0.15, 0.2) is 42.5 Å². The van der Waals surface area contributed by atoms with Gasteiger partial charge in [0.1, 0.15) is 5.75 Å². The summed E-state index contributed by atoms with van der Waals surface area (Å²) in [5, 5.41) is 20.4. The first-order chi connectivity index (χ1) is 12.0. The van der Waals surface area contributed by atoms with Gasteiger partial charge in [0.25, 0.3) is 5.69 Å². The zero-order chi connectivity index (χ0) is 18.0. The number of hydrogen-bond donors (Lipinski definition) is 1. The first kappa shape index (κ1) is 16.8. The predicted molar refractivity (Wildman–Crippen MR) is 95.6 cm³/mol. The molecule has 25 heavy (non-hydrogen) atoms. The molecule has 0 aromatic heterocycles. The van der Waals surface area contributed by atoms with Gasteiger partial charge in [-0.3, -0.25) is 14.9 Å². The van der Waals surface area contributed by atoms with Gasteiger partial charge in [0.2, 0.25) is 0 Å². The number of phenols is 1. The van der Waals surface area contributed by atoms with E-state index in [1.54, 1.807) is 24.3 Å². The van der Waals surface area contributed by atoms with Gasteiger partial charge in [0, 0.05) is 43.6 Å². The zero-order valence-corrected chi connectivity index (χ0v) is 13.9. The number of Topliss-reactive ketones (excluding diaryl/α,β-unsaturated/α-hetero) is 1. The van der Waals surface area contributed by atoms with Gasteiger partial charge in [-0.1, -0.05) is 0 Å². The van der Waals surface area contributed by atoms with Crippen molar-refractivity contribution in [3.05, 3.63) is 58.1 Å². The van der Waals surface area contributed by atoms with Crippen molar-refractivity contribution < 1.29 is 14.8 Å². The number of ketones is 1. The van der Waals surface area contributed by atoms with Crippen LogP contribution in [0.2, 0.25) is 0 Å². The summed E-state index contributed by atoms with van der Waals surface area (Å²) in [6.45, 7) is 4.41. The molecule has 1 saturated heterocycles. The maximum Gasteiger partial charge on any atom is 0.280 e. The highest BCUT2D eigenvalue weighted by Crippen LogP contribution is 2.27. The lowest BCUT2D eigenvalue weighted by molar-refractivity contribution is -0.385. The number of carbonyl (C=O) groups is 1. The van der Waals surface area contributed by atoms with E-state index in [9.17, 15) is 20.0 Å². The number of nitro benzene ring substituents is 1. The first-order valence-corrected chi connectivity index (χ1v) is 8.04. The van der Waals surface area contributed by atoms with Gasteiger partial charge in [-0.25, -0.2) is 0 Å². The molecule has 1 aliphatic rings. The summed E-state index contributed by atoms with van der Waals surface area (Å²) in [4.78, 5) is 26.6. The van der Waals surface area contributed by atoms with Crippen molar-refractivity contribution >= 4 is 22.8 Å². The van der Waals surface area contributed by atoms with Gasteiger partial charge < -0.3 is 14.9 Å². The SMILES string of the molecule is CC(=O)c1cc(N2CCN(c3ccc(O)cc3)CC2)ccc1[N+](=O)[O-]. The Balaban J connectivity index is 1.74. The van der Waals surface area contributed by atoms with Crippen LogP contribution in [0.1, 0.15) is 17.3 Å². The standard InChI is InChI=1S/C18H19N3O4/c1-13(22)17-12-15(4-7-18(17)21(24)25)20-10-8-19(9-11-20)14-2-5-16(23)6-3-14/h2-7,12,23H,8-11H2,1H3. The molecular formula is C18H19N3O4. The van der Waals surface area contributed by atoms with Crippen molar-refractivity contribution in [1.82, 2.24) is 0 Å². The smallest absolute Gasteiger partial charge is 0.280 e. The number of rotatable bonds is 4. The minimum atomic E-state index is -0.525. The Morgan fingerprint density at radius 1 is 1.00 bits per heavy atom. The fourth-order valence-corrected chi connectivity index (χ4v) is 3.05. The molecule has 0 atom stereocenters. The van der Waals surface area contributed by atoms with Crippen molar-refractivity contribution in [2.45, 2.75) is 6.92 Å². The number of anilines is 2. The maximum absolute atomic E-state index is 11.7. The minimum Gasteiger partial charge on any atom is -0.508 e. The van der Waals surface area contributed by atoms with Crippen molar-refractivity contribution in [1.29, 1.82) is 0 Å². The van der Waals surface area contributed by atoms with E-state index >= 15 is 0 Å². The molecule has 2 aromatic rings. The van der Waals surface area contributed by atoms with Crippen LogP contribution >= 0.6 is 0 Å². The highest BCUT2D eigenvalue weighted by molar-refractivity contribution is 5.99. The average molecular weight is 341 g/mol. The van der Waals surface area contributed by atoms with Gasteiger partial charge >= 0.3 is 0 Å². The van der Waals surface area contributed by atoms with Crippen LogP contribution in [-0.2, 0) is 0 Å². The van der Waals surface area contributed by atoms with E-state index in [-0.39, 0.29) is 22.8 Å². The summed E-state index contributed by atoms with van der Waals surface area (Å²) in [5.41, 5.74) is 1.86. The highest BCUT2D eigenvalue weighted by atomic mass is 16.6. The molecule has 7 heteroatoms. The molecule has 130 valence electrons. The van der Waals surface area contributed by atoms with E-state index in [1.807, 2.05) is 12.1 Å². The third kappa shape index (κ3) is 3.55. The summed E-state index contributed by atoms with van der Waals surface area (Å²) in [6, 6.07) is 11.8. The normalized spacial score (nSPS) is 14.4. The molecule has 0 radical (unpaired) electrons. The Morgan fingerprint density at radius 2 is 1.52 bits per heavy atom. The third-order valence-electron chi connectivity index (χ3n) is 4.42. The molecule has 1 aliphatic heterocycles. The molecule has 0 aliphatic carbocycles. The molecule has 3 rings (SSSR count). The summed E-state index contributed by atoms with van der Waals surface area (Å²) < 4.78 is 0. The van der Waals surface area contributed by atoms with Crippen molar-refractivity contribution in [2.75, 3.05) is 36.0 Å². The molecule has 0 spiro atoms. The maximum atomic E-state index is 11.7. The second-order valence-corrected chi connectivity index (χ2v) is 6.01. The molecule has 7 nitrogen and oxygen atoms in total. The molecule has 0 amide bonds. The summed E-state index contributed by atoms with van der Waals surface area (Å²) in [6.07, 6.45) is 0. The summed E-state index contributed by atoms with van der Waals surface area (Å²) in [5.74, 6) is -0.0682. The second kappa shape index (κ2) is 6.80. The first-order valence-electron chi connectivity index (χ1n) is 8.04. The Morgan fingerprint density at radius 3 is 2.04 bits per heavy atom. The molecular weight excluding hydrogens is 322 g/mol. The van der Waals surface area contributed by atoms with Crippen LogP contribution in [0.5, 0.6) is 5.75 Å². The van der Waals surface area contributed by atoms with Gasteiger partial charge in [-0.05, 0) is 43.3 Å². The van der Waals surface area contributed by atoms with Crippen molar-refractivity contribution in [3.8, 4) is 5.75 Å². The molecule has 0 unspecified atom stereocenters. The van der Waals surface area contributed by atoms with E-state index in [1.165, 1.54) is 13.0 Å². The minimum absolute atomic E-state index is 0.142. The molecule has 1 heterocycles. The van der Waals surface area contributed by atoms with Gasteiger partial charge in [-0.15, -0.1) is 0 Å². The van der Waals surface area contributed by atoms with E-state index in [0.29, 0.717) is 0 Å². The number of piperazine rings is 1. The van der Waals surface area contributed by atoms with Crippen LogP contribution in [0.3, 0.4) is 0 Å². The van der Waals surface area contributed by atoms with E-state index in [4.69, 9.17) is 0 Å². The summed E-state index contributed by atoms with van der Waals surface area (Å²) >= 11 is 0. The largest absolute Gasteiger partial charge is 0.508 e. The lowest BCUT2D eigenvalue weighted by Crippen LogP contribution is -2.46. The fourth-order valence-electron chi connectivity index (χ4n) is 3.05. The van der Waals surface area contributed by atoms with Gasteiger partial charge in [-0.2, -0.15) is 0 Å².